The Morgan fingerprint density at radius 1 is 1.00 bits per heavy atom. The topological polar surface area (TPSA) is 70.8 Å². The molecule has 1 amide bonds. The molecular weight excluding hydrogens is 421 g/mol. The fourth-order valence-corrected chi connectivity index (χ4v) is 3.70. The minimum absolute atomic E-state index is 0.202. The second-order valence-corrected chi connectivity index (χ2v) is 8.62. The summed E-state index contributed by atoms with van der Waals surface area (Å²) in [7, 11) is -1.73. The summed E-state index contributed by atoms with van der Waals surface area (Å²) in [6.07, 6.45) is 1.36. The van der Waals surface area contributed by atoms with Gasteiger partial charge < -0.3 is 4.42 Å². The van der Waals surface area contributed by atoms with Gasteiger partial charge in [-0.2, -0.15) is 0 Å². The fourth-order valence-electron chi connectivity index (χ4n) is 2.71. The lowest BCUT2D eigenvalue weighted by Gasteiger charge is -2.23. The number of sulfonamides is 1. The van der Waals surface area contributed by atoms with Crippen LogP contribution < -0.4 is 4.90 Å². The third-order valence-electron chi connectivity index (χ3n) is 4.28. The molecule has 1 aromatic heterocycles. The van der Waals surface area contributed by atoms with Crippen molar-refractivity contribution in [2.45, 2.75) is 11.4 Å². The van der Waals surface area contributed by atoms with Crippen molar-refractivity contribution in [2.24, 2.45) is 0 Å². The number of halogens is 3. The number of carbonyl (C=O) groups excluding carboxylic acids is 1. The van der Waals surface area contributed by atoms with Crippen molar-refractivity contribution >= 4 is 21.6 Å². The molecule has 158 valence electrons. The van der Waals surface area contributed by atoms with E-state index >= 15 is 0 Å². The van der Waals surface area contributed by atoms with Gasteiger partial charge in [0.15, 0.2) is 0 Å². The van der Waals surface area contributed by atoms with Crippen LogP contribution in [0.1, 0.15) is 16.1 Å². The first-order valence-corrected chi connectivity index (χ1v) is 10.1. The Labute approximate surface area is 171 Å². The molecule has 0 saturated carbocycles. The number of benzene rings is 2. The van der Waals surface area contributed by atoms with Crippen LogP contribution in [0.15, 0.2) is 64.1 Å². The Balaban J connectivity index is 2.09. The smallest absolute Gasteiger partial charge is 0.258 e. The normalized spacial score (nSPS) is 11.7. The first-order valence-electron chi connectivity index (χ1n) is 8.62. The minimum atomic E-state index is -4.17. The lowest BCUT2D eigenvalue weighted by molar-refractivity contribution is 0.0982. The molecule has 0 aliphatic carbocycles. The number of nitrogens with zero attached hydrogens (tertiary/aromatic N) is 2. The predicted octanol–water partition coefficient (Wildman–Crippen LogP) is 3.79. The second-order valence-electron chi connectivity index (χ2n) is 6.50. The molecule has 0 bridgehead atoms. The SMILES string of the molecule is CN(C)S(=O)(=O)c1cc(C(=O)N(Cc2ccco2)c2ccc(F)cc2F)ccc1F. The van der Waals surface area contributed by atoms with E-state index in [2.05, 4.69) is 0 Å². The first-order chi connectivity index (χ1) is 14.1. The number of anilines is 1. The summed E-state index contributed by atoms with van der Waals surface area (Å²) in [5.74, 6) is -3.39. The third-order valence-corrected chi connectivity index (χ3v) is 6.11. The van der Waals surface area contributed by atoms with Gasteiger partial charge in [0.1, 0.15) is 28.1 Å². The van der Waals surface area contributed by atoms with Crippen LogP contribution in [-0.2, 0) is 16.6 Å². The summed E-state index contributed by atoms with van der Waals surface area (Å²) in [6.45, 7) is -0.221. The zero-order valence-electron chi connectivity index (χ0n) is 16.0. The molecule has 3 aromatic rings. The maximum atomic E-state index is 14.4. The Bertz CT molecular complexity index is 1180. The van der Waals surface area contributed by atoms with Crippen LogP contribution in [0.5, 0.6) is 0 Å². The molecule has 6 nitrogen and oxygen atoms in total. The van der Waals surface area contributed by atoms with Gasteiger partial charge in [0.2, 0.25) is 10.0 Å². The van der Waals surface area contributed by atoms with E-state index in [0.29, 0.717) is 11.8 Å². The maximum Gasteiger partial charge on any atom is 0.258 e. The minimum Gasteiger partial charge on any atom is -0.467 e. The largest absolute Gasteiger partial charge is 0.467 e. The van der Waals surface area contributed by atoms with Crippen molar-refractivity contribution in [3.05, 3.63) is 83.6 Å². The number of rotatable bonds is 6. The van der Waals surface area contributed by atoms with Gasteiger partial charge >= 0.3 is 0 Å². The highest BCUT2D eigenvalue weighted by Gasteiger charge is 2.27. The van der Waals surface area contributed by atoms with E-state index in [1.165, 1.54) is 20.4 Å². The highest BCUT2D eigenvalue weighted by molar-refractivity contribution is 7.89. The molecule has 0 saturated heterocycles. The van der Waals surface area contributed by atoms with E-state index in [1.54, 1.807) is 12.1 Å². The highest BCUT2D eigenvalue weighted by atomic mass is 32.2. The van der Waals surface area contributed by atoms with E-state index in [0.717, 1.165) is 39.5 Å². The van der Waals surface area contributed by atoms with Gasteiger partial charge in [0, 0.05) is 25.7 Å². The molecule has 0 aliphatic rings. The molecule has 0 spiro atoms. The van der Waals surface area contributed by atoms with Crippen LogP contribution >= 0.6 is 0 Å². The Morgan fingerprint density at radius 3 is 2.33 bits per heavy atom. The maximum absolute atomic E-state index is 14.4. The zero-order valence-corrected chi connectivity index (χ0v) is 16.8. The van der Waals surface area contributed by atoms with Crippen molar-refractivity contribution in [1.29, 1.82) is 0 Å². The van der Waals surface area contributed by atoms with Gasteiger partial charge in [-0.05, 0) is 42.5 Å². The standard InChI is InChI=1S/C20H17F3N2O4S/c1-24(2)30(27,28)19-10-13(5-7-16(19)22)20(26)25(12-15-4-3-9-29-15)18-8-6-14(21)11-17(18)23/h3-11H,12H2,1-2H3. The predicted molar refractivity (Wildman–Crippen MR) is 103 cm³/mol. The molecule has 30 heavy (non-hydrogen) atoms. The van der Waals surface area contributed by atoms with Crippen molar-refractivity contribution < 1.29 is 30.8 Å². The van der Waals surface area contributed by atoms with E-state index < -0.39 is 38.3 Å². The van der Waals surface area contributed by atoms with Crippen molar-refractivity contribution in [2.75, 3.05) is 19.0 Å². The Hall–Kier alpha value is -3.11. The van der Waals surface area contributed by atoms with Crippen LogP contribution in [0.4, 0.5) is 18.9 Å². The average molecular weight is 438 g/mol. The Morgan fingerprint density at radius 2 is 1.73 bits per heavy atom. The summed E-state index contributed by atoms with van der Waals surface area (Å²) in [6, 6.07) is 8.60. The van der Waals surface area contributed by atoms with E-state index in [4.69, 9.17) is 4.42 Å². The van der Waals surface area contributed by atoms with Crippen molar-refractivity contribution in [1.82, 2.24) is 4.31 Å². The van der Waals surface area contributed by atoms with Gasteiger partial charge in [0.25, 0.3) is 5.91 Å². The number of hydrogen-bond acceptors (Lipinski definition) is 4. The molecule has 0 unspecified atom stereocenters. The van der Waals surface area contributed by atoms with E-state index in [-0.39, 0.29) is 17.8 Å². The quantitative estimate of drug-likeness (QED) is 0.587. The lowest BCUT2D eigenvalue weighted by atomic mass is 10.1. The number of hydrogen-bond donors (Lipinski definition) is 0. The molecule has 0 atom stereocenters. The first kappa shape index (κ1) is 21.6. The van der Waals surface area contributed by atoms with E-state index in [1.807, 2.05) is 0 Å². The number of amides is 1. The van der Waals surface area contributed by atoms with Gasteiger partial charge in [-0.1, -0.05) is 0 Å². The molecule has 2 aromatic carbocycles. The van der Waals surface area contributed by atoms with Crippen LogP contribution in [0, 0.1) is 17.5 Å². The van der Waals surface area contributed by atoms with E-state index in [9.17, 15) is 26.4 Å². The third kappa shape index (κ3) is 4.24. The molecule has 3 rings (SSSR count). The molecule has 0 aliphatic heterocycles. The number of furan rings is 1. The molecule has 10 heteroatoms. The van der Waals surface area contributed by atoms with Crippen LogP contribution in [-0.4, -0.2) is 32.7 Å². The summed E-state index contributed by atoms with van der Waals surface area (Å²) < 4.78 is 72.7. The summed E-state index contributed by atoms with van der Waals surface area (Å²) in [5, 5.41) is 0. The van der Waals surface area contributed by atoms with Gasteiger partial charge in [0.05, 0.1) is 18.5 Å². The molecule has 0 fully saturated rings. The highest BCUT2D eigenvalue weighted by Crippen LogP contribution is 2.26. The lowest BCUT2D eigenvalue weighted by Crippen LogP contribution is -2.31. The summed E-state index contributed by atoms with van der Waals surface area (Å²) >= 11 is 0. The van der Waals surface area contributed by atoms with Gasteiger partial charge in [-0.3, -0.25) is 9.69 Å². The molecule has 1 heterocycles. The second kappa shape index (κ2) is 8.33. The van der Waals surface area contributed by atoms with Crippen molar-refractivity contribution in [3.8, 4) is 0 Å². The molecule has 0 radical (unpaired) electrons. The monoisotopic (exact) mass is 438 g/mol. The number of carbonyl (C=O) groups is 1. The Kier molecular flexibility index (Phi) is 5.99. The fraction of sp³-hybridized carbons (Fsp3) is 0.150. The summed E-state index contributed by atoms with van der Waals surface area (Å²) in [4.78, 5) is 13.4. The summed E-state index contributed by atoms with van der Waals surface area (Å²) in [5.41, 5.74) is -0.453. The zero-order chi connectivity index (χ0) is 22.1. The van der Waals surface area contributed by atoms with Gasteiger partial charge in [-0.25, -0.2) is 25.9 Å². The van der Waals surface area contributed by atoms with Crippen LogP contribution in [0.3, 0.4) is 0 Å². The molecular formula is C20H17F3N2O4S. The van der Waals surface area contributed by atoms with Crippen LogP contribution in [0.25, 0.3) is 0 Å². The molecule has 0 N–H and O–H groups in total. The average Bonchev–Trinajstić information content (AvgIpc) is 3.19. The van der Waals surface area contributed by atoms with Gasteiger partial charge in [-0.15, -0.1) is 0 Å². The van der Waals surface area contributed by atoms with Crippen LogP contribution in [0.2, 0.25) is 0 Å². The van der Waals surface area contributed by atoms with Crippen molar-refractivity contribution in [3.63, 3.8) is 0 Å².